The Bertz CT molecular complexity index is 466. The fraction of sp³-hybridized carbons (Fsp3) is 0.250. The lowest BCUT2D eigenvalue weighted by molar-refractivity contribution is 0.405. The average Bonchev–Trinajstić information content (AvgIpc) is 2.36. The zero-order chi connectivity index (χ0) is 13.5. The molecular weight excluding hydrogens is 381 g/mol. The van der Waals surface area contributed by atoms with E-state index < -0.39 is 0 Å². The Balaban J connectivity index is 0.00000324. The smallest absolute Gasteiger partial charge is 0.193 e. The van der Waals surface area contributed by atoms with Crippen LogP contribution in [0, 0.1) is 0 Å². The highest BCUT2D eigenvalue weighted by Gasteiger charge is 2.05. The molecule has 1 aromatic rings. The number of ether oxygens (including phenoxy) is 2. The van der Waals surface area contributed by atoms with Crippen LogP contribution in [0.4, 0.5) is 5.69 Å². The standard InChI is InChI=1S/C12H16ClN3O2.HI/c1-8(13)7-15-12(14)16-10-6-9(17-2)4-5-11(10)18-3;/h4-6H,1,7H2,2-3H3,(H3,14,15,16);1H. The van der Waals surface area contributed by atoms with Crippen LogP contribution >= 0.6 is 35.6 Å². The third-order valence-corrected chi connectivity index (χ3v) is 2.21. The van der Waals surface area contributed by atoms with E-state index in [1.165, 1.54) is 0 Å². The first-order valence-corrected chi connectivity index (χ1v) is 5.57. The normalized spacial score (nSPS) is 10.4. The Kier molecular flexibility index (Phi) is 8.33. The molecule has 0 fully saturated rings. The lowest BCUT2D eigenvalue weighted by atomic mass is 10.2. The van der Waals surface area contributed by atoms with Gasteiger partial charge in [0.05, 0.1) is 26.5 Å². The van der Waals surface area contributed by atoms with Gasteiger partial charge in [-0.2, -0.15) is 0 Å². The Morgan fingerprint density at radius 2 is 2.11 bits per heavy atom. The second-order valence-corrected chi connectivity index (χ2v) is 3.94. The number of rotatable bonds is 5. The summed E-state index contributed by atoms with van der Waals surface area (Å²) in [6.07, 6.45) is 0. The monoisotopic (exact) mass is 397 g/mol. The summed E-state index contributed by atoms with van der Waals surface area (Å²) in [5.41, 5.74) is 6.38. The first-order chi connectivity index (χ1) is 8.56. The molecule has 0 saturated carbocycles. The summed E-state index contributed by atoms with van der Waals surface area (Å²) in [5.74, 6) is 1.55. The van der Waals surface area contributed by atoms with Crippen molar-refractivity contribution in [2.75, 3.05) is 26.1 Å². The number of halogens is 2. The zero-order valence-electron chi connectivity index (χ0n) is 10.8. The topological polar surface area (TPSA) is 68.9 Å². The number of nitrogens with one attached hydrogen (secondary N) is 1. The Labute approximate surface area is 134 Å². The molecule has 0 unspecified atom stereocenters. The maximum atomic E-state index is 5.71. The summed E-state index contributed by atoms with van der Waals surface area (Å²) in [6.45, 7) is 3.78. The van der Waals surface area contributed by atoms with Crippen LogP contribution in [-0.2, 0) is 0 Å². The molecule has 0 heterocycles. The molecule has 0 spiro atoms. The summed E-state index contributed by atoms with van der Waals surface area (Å²) in [7, 11) is 3.15. The van der Waals surface area contributed by atoms with Gasteiger partial charge in [0.25, 0.3) is 0 Å². The molecule has 0 radical (unpaired) electrons. The molecule has 0 atom stereocenters. The predicted molar refractivity (Wildman–Crippen MR) is 90.1 cm³/mol. The van der Waals surface area contributed by atoms with Crippen molar-refractivity contribution in [3.63, 3.8) is 0 Å². The van der Waals surface area contributed by atoms with Crippen molar-refractivity contribution in [1.82, 2.24) is 0 Å². The van der Waals surface area contributed by atoms with Gasteiger partial charge in [-0.1, -0.05) is 18.2 Å². The van der Waals surface area contributed by atoms with Gasteiger partial charge in [0, 0.05) is 11.1 Å². The van der Waals surface area contributed by atoms with Crippen molar-refractivity contribution in [1.29, 1.82) is 0 Å². The van der Waals surface area contributed by atoms with Gasteiger partial charge < -0.3 is 20.5 Å². The van der Waals surface area contributed by atoms with Crippen molar-refractivity contribution < 1.29 is 9.47 Å². The average molecular weight is 398 g/mol. The number of anilines is 1. The van der Waals surface area contributed by atoms with Crippen LogP contribution in [0.2, 0.25) is 0 Å². The second kappa shape index (κ2) is 8.87. The van der Waals surface area contributed by atoms with Gasteiger partial charge in [0.1, 0.15) is 11.5 Å². The van der Waals surface area contributed by atoms with E-state index in [-0.39, 0.29) is 36.5 Å². The third-order valence-electron chi connectivity index (χ3n) is 2.09. The van der Waals surface area contributed by atoms with Gasteiger partial charge in [-0.25, -0.2) is 4.99 Å². The summed E-state index contributed by atoms with van der Waals surface area (Å²) in [4.78, 5) is 4.01. The van der Waals surface area contributed by atoms with Crippen LogP contribution in [0.15, 0.2) is 34.8 Å². The summed E-state index contributed by atoms with van der Waals surface area (Å²) >= 11 is 5.60. The van der Waals surface area contributed by atoms with Crippen LogP contribution in [0.25, 0.3) is 0 Å². The molecule has 0 aliphatic carbocycles. The van der Waals surface area contributed by atoms with E-state index in [1.807, 2.05) is 0 Å². The van der Waals surface area contributed by atoms with Gasteiger partial charge in [0.2, 0.25) is 0 Å². The van der Waals surface area contributed by atoms with E-state index in [2.05, 4.69) is 16.9 Å². The van der Waals surface area contributed by atoms with Crippen LogP contribution in [0.3, 0.4) is 0 Å². The molecule has 0 aliphatic heterocycles. The van der Waals surface area contributed by atoms with Crippen molar-refractivity contribution in [2.45, 2.75) is 0 Å². The van der Waals surface area contributed by atoms with E-state index in [9.17, 15) is 0 Å². The molecule has 7 heteroatoms. The maximum Gasteiger partial charge on any atom is 0.193 e. The predicted octanol–water partition coefficient (Wildman–Crippen LogP) is 2.80. The summed E-state index contributed by atoms with van der Waals surface area (Å²) < 4.78 is 10.3. The molecule has 0 aliphatic rings. The highest BCUT2D eigenvalue weighted by molar-refractivity contribution is 14.0. The van der Waals surface area contributed by atoms with Crippen molar-refractivity contribution in [3.8, 4) is 11.5 Å². The number of benzene rings is 1. The van der Waals surface area contributed by atoms with E-state index in [0.717, 1.165) is 0 Å². The number of hydrogen-bond acceptors (Lipinski definition) is 3. The highest BCUT2D eigenvalue weighted by Crippen LogP contribution is 2.28. The number of nitrogens with zero attached hydrogens (tertiary/aromatic N) is 1. The maximum absolute atomic E-state index is 5.71. The Morgan fingerprint density at radius 3 is 2.63 bits per heavy atom. The fourth-order valence-corrected chi connectivity index (χ4v) is 1.32. The molecule has 1 rings (SSSR count). The number of aliphatic imine (C=N–C) groups is 1. The highest BCUT2D eigenvalue weighted by atomic mass is 127. The number of methoxy groups -OCH3 is 2. The van der Waals surface area contributed by atoms with Crippen LogP contribution < -0.4 is 20.5 Å². The molecule has 19 heavy (non-hydrogen) atoms. The molecule has 5 nitrogen and oxygen atoms in total. The van der Waals surface area contributed by atoms with Crippen LogP contribution in [-0.4, -0.2) is 26.7 Å². The van der Waals surface area contributed by atoms with E-state index in [0.29, 0.717) is 22.2 Å². The minimum absolute atomic E-state index is 0. The van der Waals surface area contributed by atoms with Crippen LogP contribution in [0.1, 0.15) is 0 Å². The lowest BCUT2D eigenvalue weighted by Crippen LogP contribution is -2.23. The van der Waals surface area contributed by atoms with Crippen LogP contribution in [0.5, 0.6) is 11.5 Å². The molecule has 0 aromatic heterocycles. The molecule has 0 bridgehead atoms. The minimum Gasteiger partial charge on any atom is -0.497 e. The van der Waals surface area contributed by atoms with Gasteiger partial charge in [0.15, 0.2) is 5.96 Å². The molecule has 106 valence electrons. The summed E-state index contributed by atoms with van der Waals surface area (Å²) in [6, 6.07) is 5.32. The largest absolute Gasteiger partial charge is 0.497 e. The zero-order valence-corrected chi connectivity index (χ0v) is 13.9. The second-order valence-electron chi connectivity index (χ2n) is 3.41. The first-order valence-electron chi connectivity index (χ1n) is 5.19. The molecule has 3 N–H and O–H groups in total. The minimum atomic E-state index is 0. The Hall–Kier alpha value is -1.15. The van der Waals surface area contributed by atoms with E-state index >= 15 is 0 Å². The molecular formula is C12H17ClIN3O2. The number of guanidine groups is 1. The van der Waals surface area contributed by atoms with Crippen molar-refractivity contribution in [3.05, 3.63) is 29.8 Å². The van der Waals surface area contributed by atoms with Gasteiger partial charge in [-0.15, -0.1) is 24.0 Å². The van der Waals surface area contributed by atoms with Crippen molar-refractivity contribution >= 4 is 47.2 Å². The van der Waals surface area contributed by atoms with E-state index in [1.54, 1.807) is 32.4 Å². The first kappa shape index (κ1) is 17.8. The third kappa shape index (κ3) is 6.02. The quantitative estimate of drug-likeness (QED) is 0.455. The van der Waals surface area contributed by atoms with Crippen molar-refractivity contribution in [2.24, 2.45) is 10.7 Å². The number of nitrogens with two attached hydrogens (primary N) is 1. The molecule has 0 saturated heterocycles. The molecule has 0 amide bonds. The van der Waals surface area contributed by atoms with Gasteiger partial charge in [-0.05, 0) is 12.1 Å². The van der Waals surface area contributed by atoms with Gasteiger partial charge in [-0.3, -0.25) is 0 Å². The lowest BCUT2D eigenvalue weighted by Gasteiger charge is -2.12. The van der Waals surface area contributed by atoms with E-state index in [4.69, 9.17) is 26.8 Å². The number of hydrogen-bond donors (Lipinski definition) is 2. The molecule has 1 aromatic carbocycles. The van der Waals surface area contributed by atoms with Gasteiger partial charge >= 0.3 is 0 Å². The summed E-state index contributed by atoms with van der Waals surface area (Å²) in [5, 5.41) is 3.33. The Morgan fingerprint density at radius 1 is 1.42 bits per heavy atom. The fourth-order valence-electron chi connectivity index (χ4n) is 1.26. The SMILES string of the molecule is C=C(Cl)CN=C(N)Nc1cc(OC)ccc1OC.I.